The average Bonchev–Trinajstić information content (AvgIpc) is 2.25. The van der Waals surface area contributed by atoms with Crippen molar-refractivity contribution >= 4 is 5.69 Å². The molecule has 2 N–H and O–H groups in total. The van der Waals surface area contributed by atoms with Crippen molar-refractivity contribution < 1.29 is 5.11 Å². The van der Waals surface area contributed by atoms with Crippen LogP contribution in [0.3, 0.4) is 0 Å². The van der Waals surface area contributed by atoms with E-state index in [0.717, 1.165) is 17.8 Å². The molecule has 0 bridgehead atoms. The molecule has 1 aromatic carbocycles. The Hall–Kier alpha value is -1.02. The molecule has 0 radical (unpaired) electrons. The zero-order valence-corrected chi connectivity index (χ0v) is 9.66. The van der Waals surface area contributed by atoms with Crippen LogP contribution in [-0.4, -0.2) is 11.7 Å². The third-order valence-corrected chi connectivity index (χ3v) is 2.50. The van der Waals surface area contributed by atoms with Crippen molar-refractivity contribution in [2.24, 2.45) is 0 Å². The van der Waals surface area contributed by atoms with Crippen molar-refractivity contribution in [2.75, 3.05) is 11.9 Å². The zero-order valence-electron chi connectivity index (χ0n) is 9.66. The molecule has 0 amide bonds. The predicted molar refractivity (Wildman–Crippen MR) is 65.1 cm³/mol. The second-order valence-electron chi connectivity index (χ2n) is 3.93. The van der Waals surface area contributed by atoms with Gasteiger partial charge in [-0.25, -0.2) is 0 Å². The Morgan fingerprint density at radius 1 is 1.20 bits per heavy atom. The van der Waals surface area contributed by atoms with Gasteiger partial charge in [0.25, 0.3) is 0 Å². The van der Waals surface area contributed by atoms with Gasteiger partial charge >= 0.3 is 0 Å². The van der Waals surface area contributed by atoms with Gasteiger partial charge in [0.2, 0.25) is 0 Å². The largest absolute Gasteiger partial charge is 0.389 e. The number of hydrogen-bond acceptors (Lipinski definition) is 2. The number of hydrogen-bond donors (Lipinski definition) is 2. The van der Waals surface area contributed by atoms with Crippen molar-refractivity contribution in [1.29, 1.82) is 0 Å². The van der Waals surface area contributed by atoms with Crippen molar-refractivity contribution in [2.45, 2.75) is 39.2 Å². The monoisotopic (exact) mass is 207 g/mol. The summed E-state index contributed by atoms with van der Waals surface area (Å²) in [7, 11) is 0. The zero-order chi connectivity index (χ0) is 11.1. The van der Waals surface area contributed by atoms with Crippen LogP contribution in [0.4, 0.5) is 5.69 Å². The molecule has 0 heterocycles. The van der Waals surface area contributed by atoms with Crippen molar-refractivity contribution in [3.05, 3.63) is 29.8 Å². The summed E-state index contributed by atoms with van der Waals surface area (Å²) < 4.78 is 0. The highest BCUT2D eigenvalue weighted by Crippen LogP contribution is 2.15. The average molecular weight is 207 g/mol. The summed E-state index contributed by atoms with van der Waals surface area (Å²) in [5.41, 5.74) is 2.10. The third kappa shape index (κ3) is 4.34. The van der Waals surface area contributed by atoms with Gasteiger partial charge in [0.15, 0.2) is 0 Å². The predicted octanol–water partition coefficient (Wildman–Crippen LogP) is 3.34. The van der Waals surface area contributed by atoms with Crippen LogP contribution in [0.15, 0.2) is 24.3 Å². The normalized spacial score (nSPS) is 12.5. The highest BCUT2D eigenvalue weighted by atomic mass is 16.3. The minimum Gasteiger partial charge on any atom is -0.389 e. The molecule has 0 saturated heterocycles. The molecular weight excluding hydrogens is 186 g/mol. The first kappa shape index (κ1) is 12.1. The smallest absolute Gasteiger partial charge is 0.0761 e. The van der Waals surface area contributed by atoms with Crippen LogP contribution in [0.1, 0.15) is 44.8 Å². The van der Waals surface area contributed by atoms with E-state index in [1.54, 1.807) is 6.92 Å². The Kier molecular flexibility index (Phi) is 5.19. The number of nitrogens with one attached hydrogen (secondary N) is 1. The Morgan fingerprint density at radius 3 is 2.40 bits per heavy atom. The van der Waals surface area contributed by atoms with Crippen molar-refractivity contribution in [3.8, 4) is 0 Å². The van der Waals surface area contributed by atoms with E-state index in [1.165, 1.54) is 19.3 Å². The first-order valence-electron chi connectivity index (χ1n) is 5.76. The quantitative estimate of drug-likeness (QED) is 0.701. The maximum absolute atomic E-state index is 9.34. The molecule has 0 fully saturated rings. The fourth-order valence-electron chi connectivity index (χ4n) is 1.49. The van der Waals surface area contributed by atoms with E-state index in [0.29, 0.717) is 0 Å². The SMILES string of the molecule is CCCCCNc1ccc(C(C)O)cc1. The van der Waals surface area contributed by atoms with E-state index >= 15 is 0 Å². The maximum atomic E-state index is 9.34. The molecule has 0 saturated carbocycles. The second-order valence-corrected chi connectivity index (χ2v) is 3.93. The third-order valence-electron chi connectivity index (χ3n) is 2.50. The summed E-state index contributed by atoms with van der Waals surface area (Å²) in [4.78, 5) is 0. The van der Waals surface area contributed by atoms with Crippen LogP contribution < -0.4 is 5.32 Å². The lowest BCUT2D eigenvalue weighted by Gasteiger charge is -2.08. The number of aliphatic hydroxyl groups excluding tert-OH is 1. The first-order valence-corrected chi connectivity index (χ1v) is 5.76. The lowest BCUT2D eigenvalue weighted by Crippen LogP contribution is -2.01. The van der Waals surface area contributed by atoms with Gasteiger partial charge in [-0.15, -0.1) is 0 Å². The minimum absolute atomic E-state index is 0.376. The molecule has 1 unspecified atom stereocenters. The fourth-order valence-corrected chi connectivity index (χ4v) is 1.49. The molecule has 84 valence electrons. The van der Waals surface area contributed by atoms with Crippen molar-refractivity contribution in [3.63, 3.8) is 0 Å². The topological polar surface area (TPSA) is 32.3 Å². The summed E-state index contributed by atoms with van der Waals surface area (Å²) in [6, 6.07) is 7.97. The first-order chi connectivity index (χ1) is 7.24. The van der Waals surface area contributed by atoms with Crippen LogP contribution in [-0.2, 0) is 0 Å². The molecule has 1 aromatic rings. The summed E-state index contributed by atoms with van der Waals surface area (Å²) in [6.45, 7) is 5.02. The van der Waals surface area contributed by atoms with Gasteiger partial charge in [-0.2, -0.15) is 0 Å². The van der Waals surface area contributed by atoms with Crippen LogP contribution in [0.2, 0.25) is 0 Å². The molecule has 1 atom stereocenters. The summed E-state index contributed by atoms with van der Waals surface area (Å²) in [6.07, 6.45) is 3.37. The van der Waals surface area contributed by atoms with Crippen LogP contribution in [0, 0.1) is 0 Å². The molecule has 15 heavy (non-hydrogen) atoms. The Labute approximate surface area is 92.3 Å². The summed E-state index contributed by atoms with van der Waals surface area (Å²) in [5.74, 6) is 0. The number of benzene rings is 1. The fraction of sp³-hybridized carbons (Fsp3) is 0.538. The molecule has 0 aliphatic rings. The van der Waals surface area contributed by atoms with Gasteiger partial charge < -0.3 is 10.4 Å². The van der Waals surface area contributed by atoms with Gasteiger partial charge in [-0.05, 0) is 31.0 Å². The van der Waals surface area contributed by atoms with E-state index in [9.17, 15) is 5.11 Å². The number of aliphatic hydroxyl groups is 1. The lowest BCUT2D eigenvalue weighted by molar-refractivity contribution is 0.199. The lowest BCUT2D eigenvalue weighted by atomic mass is 10.1. The molecular formula is C13H21NO. The summed E-state index contributed by atoms with van der Waals surface area (Å²) in [5, 5.41) is 12.7. The Balaban J connectivity index is 2.36. The second kappa shape index (κ2) is 6.46. The van der Waals surface area contributed by atoms with Crippen LogP contribution in [0.25, 0.3) is 0 Å². The standard InChI is InChI=1S/C13H21NO/c1-3-4-5-10-14-13-8-6-12(7-9-13)11(2)15/h6-9,11,14-15H,3-5,10H2,1-2H3. The number of rotatable bonds is 6. The van der Waals surface area contributed by atoms with Gasteiger partial charge in [-0.3, -0.25) is 0 Å². The van der Waals surface area contributed by atoms with Crippen LogP contribution >= 0.6 is 0 Å². The molecule has 1 rings (SSSR count). The molecule has 0 aliphatic carbocycles. The van der Waals surface area contributed by atoms with Crippen LogP contribution in [0.5, 0.6) is 0 Å². The number of anilines is 1. The van der Waals surface area contributed by atoms with Gasteiger partial charge in [0.1, 0.15) is 0 Å². The van der Waals surface area contributed by atoms with Gasteiger partial charge in [0.05, 0.1) is 6.10 Å². The van der Waals surface area contributed by atoms with Gasteiger partial charge in [-0.1, -0.05) is 31.9 Å². The van der Waals surface area contributed by atoms with E-state index in [4.69, 9.17) is 0 Å². The molecule has 2 nitrogen and oxygen atoms in total. The maximum Gasteiger partial charge on any atom is 0.0761 e. The van der Waals surface area contributed by atoms with E-state index in [-0.39, 0.29) is 6.10 Å². The van der Waals surface area contributed by atoms with E-state index in [1.807, 2.05) is 24.3 Å². The van der Waals surface area contributed by atoms with E-state index < -0.39 is 0 Å². The molecule has 2 heteroatoms. The van der Waals surface area contributed by atoms with Crippen molar-refractivity contribution in [1.82, 2.24) is 0 Å². The molecule has 0 aliphatic heterocycles. The van der Waals surface area contributed by atoms with Gasteiger partial charge in [0, 0.05) is 12.2 Å². The molecule has 0 aromatic heterocycles. The summed E-state index contributed by atoms with van der Waals surface area (Å²) >= 11 is 0. The van der Waals surface area contributed by atoms with E-state index in [2.05, 4.69) is 12.2 Å². The minimum atomic E-state index is -0.376. The Bertz CT molecular complexity index is 266. The highest BCUT2D eigenvalue weighted by Gasteiger charge is 1.99. The number of unbranched alkanes of at least 4 members (excludes halogenated alkanes) is 2. The molecule has 0 spiro atoms. The Morgan fingerprint density at radius 2 is 1.87 bits per heavy atom. The highest BCUT2D eigenvalue weighted by molar-refractivity contribution is 5.44.